The minimum absolute atomic E-state index is 0.339. The van der Waals surface area contributed by atoms with Crippen LogP contribution in [0, 0.1) is 5.92 Å². The summed E-state index contributed by atoms with van der Waals surface area (Å²) in [6.45, 7) is 6.41. The van der Waals surface area contributed by atoms with E-state index in [1.807, 2.05) is 0 Å². The van der Waals surface area contributed by atoms with E-state index in [1.54, 1.807) is 0 Å². The van der Waals surface area contributed by atoms with Crippen molar-refractivity contribution in [3.05, 3.63) is 32.7 Å². The summed E-state index contributed by atoms with van der Waals surface area (Å²) in [6, 6.07) is 7.58. The molecule has 112 valence electrons. The Morgan fingerprint density at radius 2 is 1.95 bits per heavy atom. The highest BCUT2D eigenvalue weighted by atomic mass is 79.9. The van der Waals surface area contributed by atoms with Crippen molar-refractivity contribution >= 4 is 31.9 Å². The smallest absolute Gasteiger partial charge is 0.0473 e. The molecule has 0 heterocycles. The van der Waals surface area contributed by atoms with Crippen LogP contribution in [0.3, 0.4) is 0 Å². The van der Waals surface area contributed by atoms with Crippen LogP contribution in [-0.4, -0.2) is 24.0 Å². The summed E-state index contributed by atoms with van der Waals surface area (Å²) in [5.74, 6) is 0.742. The molecule has 2 rings (SSSR count). The molecule has 0 radical (unpaired) electrons. The van der Waals surface area contributed by atoms with Crippen molar-refractivity contribution in [2.75, 3.05) is 13.1 Å². The highest BCUT2D eigenvalue weighted by Crippen LogP contribution is 2.36. The average Bonchev–Trinajstić information content (AvgIpc) is 3.22. The van der Waals surface area contributed by atoms with E-state index in [1.165, 1.54) is 24.8 Å². The zero-order chi connectivity index (χ0) is 14.7. The SMILES string of the molecule is CC(C)CCN(C1CC1)C(CN)c1ccc(Br)c(Br)c1. The third-order valence-electron chi connectivity index (χ3n) is 3.93. The average molecular weight is 404 g/mol. The molecule has 1 fully saturated rings. The predicted molar refractivity (Wildman–Crippen MR) is 92.8 cm³/mol. The quantitative estimate of drug-likeness (QED) is 0.713. The highest BCUT2D eigenvalue weighted by Gasteiger charge is 2.33. The fraction of sp³-hybridized carbons (Fsp3) is 0.625. The van der Waals surface area contributed by atoms with Crippen molar-refractivity contribution in [2.24, 2.45) is 11.7 Å². The second-order valence-electron chi connectivity index (χ2n) is 6.08. The van der Waals surface area contributed by atoms with Crippen LogP contribution in [0.2, 0.25) is 0 Å². The Balaban J connectivity index is 2.16. The molecule has 0 aromatic heterocycles. The van der Waals surface area contributed by atoms with E-state index in [2.05, 4.69) is 68.8 Å². The van der Waals surface area contributed by atoms with Crippen LogP contribution in [0.15, 0.2) is 27.1 Å². The summed E-state index contributed by atoms with van der Waals surface area (Å²) >= 11 is 7.14. The Hall–Kier alpha value is 0.1000. The number of rotatable bonds is 7. The molecule has 1 aliphatic carbocycles. The summed E-state index contributed by atoms with van der Waals surface area (Å²) in [5, 5.41) is 0. The lowest BCUT2D eigenvalue weighted by Gasteiger charge is -2.32. The molecule has 0 spiro atoms. The summed E-state index contributed by atoms with van der Waals surface area (Å²) in [5.41, 5.74) is 7.41. The molecular weight excluding hydrogens is 380 g/mol. The Bertz CT molecular complexity index is 444. The normalized spacial score (nSPS) is 16.9. The Morgan fingerprint density at radius 3 is 2.45 bits per heavy atom. The van der Waals surface area contributed by atoms with Gasteiger partial charge in [0.2, 0.25) is 0 Å². The maximum absolute atomic E-state index is 6.10. The molecular formula is C16H24Br2N2. The largest absolute Gasteiger partial charge is 0.329 e. The summed E-state index contributed by atoms with van der Waals surface area (Å²) in [6.07, 6.45) is 3.89. The van der Waals surface area contributed by atoms with Crippen molar-refractivity contribution in [2.45, 2.75) is 45.2 Å². The van der Waals surface area contributed by atoms with Crippen LogP contribution >= 0.6 is 31.9 Å². The molecule has 1 atom stereocenters. The van der Waals surface area contributed by atoms with Gasteiger partial charge < -0.3 is 5.73 Å². The van der Waals surface area contributed by atoms with Gasteiger partial charge >= 0.3 is 0 Å². The van der Waals surface area contributed by atoms with Crippen molar-refractivity contribution in [3.8, 4) is 0 Å². The number of hydrogen-bond acceptors (Lipinski definition) is 2. The standard InChI is InChI=1S/C16H24Br2N2/c1-11(2)7-8-20(13-4-5-13)16(10-19)12-3-6-14(17)15(18)9-12/h3,6,9,11,13,16H,4-5,7-8,10,19H2,1-2H3. The topological polar surface area (TPSA) is 29.3 Å². The number of hydrogen-bond donors (Lipinski definition) is 1. The number of halogens is 2. The monoisotopic (exact) mass is 402 g/mol. The van der Waals surface area contributed by atoms with E-state index in [4.69, 9.17) is 5.73 Å². The van der Waals surface area contributed by atoms with Gasteiger partial charge in [-0.3, -0.25) is 4.90 Å². The second kappa shape index (κ2) is 7.39. The lowest BCUT2D eigenvalue weighted by molar-refractivity contribution is 0.181. The number of nitrogens with zero attached hydrogens (tertiary/aromatic N) is 1. The van der Waals surface area contributed by atoms with Gasteiger partial charge in [-0.15, -0.1) is 0 Å². The van der Waals surface area contributed by atoms with E-state index in [9.17, 15) is 0 Å². The van der Waals surface area contributed by atoms with Gasteiger partial charge in [-0.05, 0) is 81.3 Å². The summed E-state index contributed by atoms with van der Waals surface area (Å²) in [7, 11) is 0. The lowest BCUT2D eigenvalue weighted by atomic mass is 10.0. The number of nitrogens with two attached hydrogens (primary N) is 1. The van der Waals surface area contributed by atoms with E-state index in [-0.39, 0.29) is 0 Å². The van der Waals surface area contributed by atoms with Crippen LogP contribution in [0.5, 0.6) is 0 Å². The minimum atomic E-state index is 0.339. The van der Waals surface area contributed by atoms with Crippen LogP contribution in [0.4, 0.5) is 0 Å². The molecule has 1 unspecified atom stereocenters. The van der Waals surface area contributed by atoms with E-state index >= 15 is 0 Å². The first-order chi connectivity index (χ1) is 9.52. The molecule has 1 saturated carbocycles. The van der Waals surface area contributed by atoms with Crippen molar-refractivity contribution in [1.29, 1.82) is 0 Å². The molecule has 1 aliphatic rings. The third-order valence-corrected chi connectivity index (χ3v) is 5.81. The fourth-order valence-electron chi connectivity index (χ4n) is 2.59. The van der Waals surface area contributed by atoms with Crippen LogP contribution < -0.4 is 5.73 Å². The Labute approximate surface area is 139 Å². The fourth-order valence-corrected chi connectivity index (χ4v) is 3.23. The molecule has 0 saturated heterocycles. The number of benzene rings is 1. The van der Waals surface area contributed by atoms with Crippen LogP contribution in [-0.2, 0) is 0 Å². The lowest BCUT2D eigenvalue weighted by Crippen LogP contribution is -2.36. The molecule has 2 nitrogen and oxygen atoms in total. The van der Waals surface area contributed by atoms with Gasteiger partial charge in [0, 0.05) is 27.6 Å². The van der Waals surface area contributed by atoms with E-state index in [0.717, 1.165) is 27.4 Å². The predicted octanol–water partition coefficient (Wildman–Crippen LogP) is 4.72. The molecule has 1 aromatic carbocycles. The first-order valence-electron chi connectivity index (χ1n) is 7.43. The molecule has 0 amide bonds. The van der Waals surface area contributed by atoms with Gasteiger partial charge in [0.1, 0.15) is 0 Å². The van der Waals surface area contributed by atoms with Gasteiger partial charge in [-0.25, -0.2) is 0 Å². The maximum atomic E-state index is 6.10. The first kappa shape index (κ1) is 16.5. The van der Waals surface area contributed by atoms with Gasteiger partial charge in [0.25, 0.3) is 0 Å². The zero-order valence-corrected chi connectivity index (χ0v) is 15.5. The van der Waals surface area contributed by atoms with Crippen molar-refractivity contribution in [1.82, 2.24) is 4.90 Å². The van der Waals surface area contributed by atoms with Gasteiger partial charge in [0.15, 0.2) is 0 Å². The molecule has 1 aromatic rings. The van der Waals surface area contributed by atoms with Gasteiger partial charge in [0.05, 0.1) is 0 Å². The summed E-state index contributed by atoms with van der Waals surface area (Å²) < 4.78 is 2.20. The van der Waals surface area contributed by atoms with Gasteiger partial charge in [-0.2, -0.15) is 0 Å². The van der Waals surface area contributed by atoms with Crippen LogP contribution in [0.25, 0.3) is 0 Å². The first-order valence-corrected chi connectivity index (χ1v) is 9.02. The molecule has 0 bridgehead atoms. The molecule has 4 heteroatoms. The summed E-state index contributed by atoms with van der Waals surface area (Å²) in [4.78, 5) is 2.62. The molecule has 20 heavy (non-hydrogen) atoms. The molecule has 0 aliphatic heterocycles. The Kier molecular flexibility index (Phi) is 6.09. The minimum Gasteiger partial charge on any atom is -0.329 e. The van der Waals surface area contributed by atoms with E-state index in [0.29, 0.717) is 12.6 Å². The Morgan fingerprint density at radius 1 is 1.25 bits per heavy atom. The second-order valence-corrected chi connectivity index (χ2v) is 7.79. The van der Waals surface area contributed by atoms with Crippen molar-refractivity contribution < 1.29 is 0 Å². The zero-order valence-electron chi connectivity index (χ0n) is 12.3. The van der Waals surface area contributed by atoms with Crippen LogP contribution in [0.1, 0.15) is 44.7 Å². The van der Waals surface area contributed by atoms with Gasteiger partial charge in [-0.1, -0.05) is 19.9 Å². The van der Waals surface area contributed by atoms with E-state index < -0.39 is 0 Å². The van der Waals surface area contributed by atoms with Crippen molar-refractivity contribution in [3.63, 3.8) is 0 Å². The maximum Gasteiger partial charge on any atom is 0.0473 e. The highest BCUT2D eigenvalue weighted by molar-refractivity contribution is 9.13. The third kappa shape index (κ3) is 4.30. The molecule has 2 N–H and O–H groups in total.